The summed E-state index contributed by atoms with van der Waals surface area (Å²) in [6.07, 6.45) is 3.22. The number of rotatable bonds is 7. The van der Waals surface area contributed by atoms with Gasteiger partial charge in [0, 0.05) is 20.4 Å². The third kappa shape index (κ3) is 6.03. The summed E-state index contributed by atoms with van der Waals surface area (Å²) in [4.78, 5) is 1.43. The molecule has 8 aromatic carbocycles. The molecule has 0 fully saturated rings. The Labute approximate surface area is 358 Å². The van der Waals surface area contributed by atoms with Gasteiger partial charge in [0.15, 0.2) is 0 Å². The van der Waals surface area contributed by atoms with E-state index in [4.69, 9.17) is 0 Å². The molecule has 0 N–H and O–H groups in total. The molecule has 0 radical (unpaired) electrons. The highest BCUT2D eigenvalue weighted by Gasteiger charge is 2.39. The lowest BCUT2D eigenvalue weighted by atomic mass is 9.81. The van der Waals surface area contributed by atoms with Crippen LogP contribution < -0.4 is 0 Å². The Bertz CT molecular complexity index is 3130. The van der Waals surface area contributed by atoms with Crippen LogP contribution in [0.15, 0.2) is 188 Å². The van der Waals surface area contributed by atoms with Crippen LogP contribution in [0.1, 0.15) is 66.6 Å². The van der Waals surface area contributed by atoms with Crippen LogP contribution in [0.25, 0.3) is 76.7 Å². The van der Waals surface area contributed by atoms with E-state index in [-0.39, 0.29) is 10.8 Å². The summed E-state index contributed by atoms with van der Waals surface area (Å²) in [6.45, 7) is 9.50. The Morgan fingerprint density at radius 2 is 1.05 bits per heavy atom. The van der Waals surface area contributed by atoms with E-state index in [0.29, 0.717) is 0 Å². The van der Waals surface area contributed by atoms with Gasteiger partial charge in [0.25, 0.3) is 0 Å². The summed E-state index contributed by atoms with van der Waals surface area (Å²) in [5.74, 6) is 0. The first-order valence-electron chi connectivity index (χ1n) is 21.2. The van der Waals surface area contributed by atoms with Gasteiger partial charge in [-0.25, -0.2) is 0 Å². The van der Waals surface area contributed by atoms with Crippen LogP contribution >= 0.6 is 11.3 Å². The molecular formula is C59H46S. The molecule has 1 aromatic heterocycles. The van der Waals surface area contributed by atoms with Gasteiger partial charge in [0.2, 0.25) is 0 Å². The SMILES string of the molecule is CC1(C)c2ccccc2-c2ccc(C/C(=C/c3ccc(-c4ccccc4)cc3)c3ccc(-c4cccc(-c5ccc6c(c5)-c5sc7ccccc7c5C6(C)C)c4)cc3)cc21. The van der Waals surface area contributed by atoms with E-state index in [1.807, 2.05) is 11.3 Å². The van der Waals surface area contributed by atoms with Crippen molar-refractivity contribution in [1.82, 2.24) is 0 Å². The molecule has 0 bridgehead atoms. The molecule has 0 saturated carbocycles. The van der Waals surface area contributed by atoms with Crippen molar-refractivity contribution >= 4 is 33.1 Å². The second-order valence-corrected chi connectivity index (χ2v) is 18.8. The van der Waals surface area contributed by atoms with Crippen molar-refractivity contribution in [2.24, 2.45) is 0 Å². The fourth-order valence-corrected chi connectivity index (χ4v) is 11.5. The molecule has 0 saturated heterocycles. The molecule has 2 aliphatic carbocycles. The molecule has 0 amide bonds. The highest BCUT2D eigenvalue weighted by Crippen LogP contribution is 2.56. The normalized spacial score (nSPS) is 14.4. The van der Waals surface area contributed by atoms with Crippen molar-refractivity contribution in [2.75, 3.05) is 0 Å². The Hall–Kier alpha value is -6.54. The van der Waals surface area contributed by atoms with Crippen LogP contribution in [0, 0.1) is 0 Å². The largest absolute Gasteiger partial charge is 0.135 e. The van der Waals surface area contributed by atoms with Gasteiger partial charge in [-0.2, -0.15) is 0 Å². The minimum absolute atomic E-state index is 0.0195. The van der Waals surface area contributed by atoms with Gasteiger partial charge < -0.3 is 0 Å². The lowest BCUT2D eigenvalue weighted by Crippen LogP contribution is -2.15. The molecule has 11 rings (SSSR count). The maximum atomic E-state index is 2.46. The maximum Gasteiger partial charge on any atom is 0.0399 e. The number of allylic oxidation sites excluding steroid dienone is 1. The molecular weight excluding hydrogens is 741 g/mol. The lowest BCUT2D eigenvalue weighted by molar-refractivity contribution is 0.659. The van der Waals surface area contributed by atoms with E-state index in [1.54, 1.807) is 0 Å². The van der Waals surface area contributed by atoms with Gasteiger partial charge in [0.05, 0.1) is 0 Å². The third-order valence-electron chi connectivity index (χ3n) is 13.3. The Balaban J connectivity index is 0.927. The zero-order chi connectivity index (χ0) is 40.6. The standard InChI is InChI=1S/C59H46S/c1-58(2)52-19-10-8-17-48(52)49-31-23-39(35-54(49)58)34-47(33-38-21-24-41(25-22-38)40-13-6-5-7-14-40)43-28-26-42(27-29-43)44-15-12-16-45(36-44)46-30-32-53-51(37-46)57-56(59(53,3)4)50-18-9-11-20-55(50)60-57/h5-33,35-37H,34H2,1-4H3/b47-33-. The van der Waals surface area contributed by atoms with Gasteiger partial charge in [-0.15, -0.1) is 11.3 Å². The minimum Gasteiger partial charge on any atom is -0.135 e. The minimum atomic E-state index is -0.0345. The molecule has 9 aromatic rings. The Morgan fingerprint density at radius 3 is 1.87 bits per heavy atom. The molecule has 1 heteroatoms. The summed E-state index contributed by atoms with van der Waals surface area (Å²) >= 11 is 1.94. The summed E-state index contributed by atoms with van der Waals surface area (Å²) in [6, 6.07) is 70.0. The average molecular weight is 787 g/mol. The van der Waals surface area contributed by atoms with E-state index in [2.05, 4.69) is 222 Å². The maximum absolute atomic E-state index is 2.46. The highest BCUT2D eigenvalue weighted by atomic mass is 32.1. The molecule has 0 aliphatic heterocycles. The van der Waals surface area contributed by atoms with E-state index >= 15 is 0 Å². The first-order chi connectivity index (χ1) is 29.2. The van der Waals surface area contributed by atoms with Crippen molar-refractivity contribution in [3.63, 3.8) is 0 Å². The van der Waals surface area contributed by atoms with Gasteiger partial charge in [-0.3, -0.25) is 0 Å². The van der Waals surface area contributed by atoms with Crippen LogP contribution in [0.2, 0.25) is 0 Å². The molecule has 0 nitrogen and oxygen atoms in total. The summed E-state index contributed by atoms with van der Waals surface area (Å²) in [5, 5.41) is 1.40. The van der Waals surface area contributed by atoms with E-state index in [9.17, 15) is 0 Å². The molecule has 60 heavy (non-hydrogen) atoms. The van der Waals surface area contributed by atoms with Crippen molar-refractivity contribution < 1.29 is 0 Å². The second kappa shape index (κ2) is 14.0. The monoisotopic (exact) mass is 786 g/mol. The predicted octanol–water partition coefficient (Wildman–Crippen LogP) is 16.3. The number of benzene rings is 8. The van der Waals surface area contributed by atoms with Gasteiger partial charge in [0.1, 0.15) is 0 Å². The molecule has 0 atom stereocenters. The van der Waals surface area contributed by atoms with Crippen molar-refractivity contribution in [1.29, 1.82) is 0 Å². The quantitative estimate of drug-likeness (QED) is 0.141. The predicted molar refractivity (Wildman–Crippen MR) is 258 cm³/mol. The molecule has 1 heterocycles. The summed E-state index contributed by atoms with van der Waals surface area (Å²) in [5.41, 5.74) is 22.3. The second-order valence-electron chi connectivity index (χ2n) is 17.7. The number of thiophene rings is 1. The van der Waals surface area contributed by atoms with Crippen LogP contribution in [0.3, 0.4) is 0 Å². The summed E-state index contributed by atoms with van der Waals surface area (Å²) < 4.78 is 1.37. The molecule has 0 unspecified atom stereocenters. The topological polar surface area (TPSA) is 0 Å². The molecule has 0 spiro atoms. The van der Waals surface area contributed by atoms with Gasteiger partial charge in [-0.05, 0) is 125 Å². The fourth-order valence-electron chi connectivity index (χ4n) is 10.1. The Kier molecular flexibility index (Phi) is 8.55. The Morgan fingerprint density at radius 1 is 0.450 bits per heavy atom. The van der Waals surface area contributed by atoms with Crippen LogP contribution in [-0.2, 0) is 17.3 Å². The van der Waals surface area contributed by atoms with Crippen LogP contribution in [0.5, 0.6) is 0 Å². The van der Waals surface area contributed by atoms with E-state index in [1.165, 1.54) is 110 Å². The van der Waals surface area contributed by atoms with Crippen molar-refractivity contribution in [3.8, 4) is 54.9 Å². The lowest BCUT2D eigenvalue weighted by Gasteiger charge is -2.22. The van der Waals surface area contributed by atoms with Crippen molar-refractivity contribution in [2.45, 2.75) is 44.9 Å². The fraction of sp³-hybridized carbons (Fsp3) is 0.119. The van der Waals surface area contributed by atoms with Crippen LogP contribution in [0.4, 0.5) is 0 Å². The highest BCUT2D eigenvalue weighted by molar-refractivity contribution is 7.22. The zero-order valence-corrected chi connectivity index (χ0v) is 35.4. The van der Waals surface area contributed by atoms with Crippen molar-refractivity contribution in [3.05, 3.63) is 227 Å². The van der Waals surface area contributed by atoms with Crippen LogP contribution in [-0.4, -0.2) is 0 Å². The molecule has 2 aliphatic rings. The van der Waals surface area contributed by atoms with E-state index < -0.39 is 0 Å². The third-order valence-corrected chi connectivity index (χ3v) is 14.5. The zero-order valence-electron chi connectivity index (χ0n) is 34.6. The first-order valence-corrected chi connectivity index (χ1v) is 22.0. The average Bonchev–Trinajstić information content (AvgIpc) is 3.87. The van der Waals surface area contributed by atoms with E-state index in [0.717, 1.165) is 6.42 Å². The molecule has 288 valence electrons. The van der Waals surface area contributed by atoms with Gasteiger partial charge in [-0.1, -0.05) is 204 Å². The number of hydrogen-bond acceptors (Lipinski definition) is 1. The smallest absolute Gasteiger partial charge is 0.0399 e. The summed E-state index contributed by atoms with van der Waals surface area (Å²) in [7, 11) is 0. The number of hydrogen-bond donors (Lipinski definition) is 0. The first kappa shape index (κ1) is 36.5. The number of fused-ring (bicyclic) bond motifs is 8. The van der Waals surface area contributed by atoms with Gasteiger partial charge >= 0.3 is 0 Å².